The summed E-state index contributed by atoms with van der Waals surface area (Å²) < 4.78 is 10.8. The summed E-state index contributed by atoms with van der Waals surface area (Å²) in [6.45, 7) is 5.29. The highest BCUT2D eigenvalue weighted by Crippen LogP contribution is 2.10. The SMILES string of the molecule is CCCOc1nc(NN)nc(NCCOCCN(C)C)n1. The normalized spacial score (nSPS) is 10.7. The van der Waals surface area contributed by atoms with E-state index in [2.05, 4.69) is 30.6 Å². The minimum atomic E-state index is 0.246. The lowest BCUT2D eigenvalue weighted by atomic mass is 10.5. The van der Waals surface area contributed by atoms with Gasteiger partial charge in [-0.05, 0) is 20.5 Å². The molecule has 0 saturated carbocycles. The van der Waals surface area contributed by atoms with Crippen molar-refractivity contribution < 1.29 is 9.47 Å². The molecule has 1 heterocycles. The Kier molecular flexibility index (Phi) is 8.32. The number of aromatic nitrogens is 3. The van der Waals surface area contributed by atoms with E-state index < -0.39 is 0 Å². The number of nitrogens with zero attached hydrogens (tertiary/aromatic N) is 4. The predicted molar refractivity (Wildman–Crippen MR) is 81.3 cm³/mol. The van der Waals surface area contributed by atoms with Crippen LogP contribution in [0, 0.1) is 0 Å². The van der Waals surface area contributed by atoms with Gasteiger partial charge < -0.3 is 19.7 Å². The summed E-state index contributed by atoms with van der Waals surface area (Å²) in [7, 11) is 4.01. The molecule has 0 amide bonds. The number of hydrogen-bond acceptors (Lipinski definition) is 9. The summed E-state index contributed by atoms with van der Waals surface area (Å²) in [5, 5.41) is 3.05. The summed E-state index contributed by atoms with van der Waals surface area (Å²) in [6.07, 6.45) is 0.875. The minimum Gasteiger partial charge on any atom is -0.463 e. The van der Waals surface area contributed by atoms with Gasteiger partial charge in [0.1, 0.15) is 0 Å². The molecule has 0 spiro atoms. The highest BCUT2D eigenvalue weighted by atomic mass is 16.5. The third-order valence-corrected chi connectivity index (χ3v) is 2.39. The monoisotopic (exact) mass is 299 g/mol. The van der Waals surface area contributed by atoms with Crippen molar-refractivity contribution in [1.82, 2.24) is 19.9 Å². The van der Waals surface area contributed by atoms with E-state index in [4.69, 9.17) is 15.3 Å². The standard InChI is InChI=1S/C12H25N7O2/c1-4-7-21-12-16-10(15-11(17-12)18-13)14-5-8-20-9-6-19(2)3/h4-9,13H2,1-3H3,(H2,14,15,16,17,18). The summed E-state index contributed by atoms with van der Waals surface area (Å²) in [5.74, 6) is 5.98. The maximum Gasteiger partial charge on any atom is 0.323 e. The second-order valence-corrected chi connectivity index (χ2v) is 4.60. The second kappa shape index (κ2) is 10.1. The maximum atomic E-state index is 5.47. The lowest BCUT2D eigenvalue weighted by molar-refractivity contribution is 0.126. The van der Waals surface area contributed by atoms with Crippen LogP contribution in [0.15, 0.2) is 0 Å². The lowest BCUT2D eigenvalue weighted by Crippen LogP contribution is -2.20. The number of anilines is 2. The molecule has 0 aliphatic carbocycles. The number of ether oxygens (including phenoxy) is 2. The summed E-state index contributed by atoms with van der Waals surface area (Å²) in [5.41, 5.74) is 2.39. The first-order valence-corrected chi connectivity index (χ1v) is 6.97. The smallest absolute Gasteiger partial charge is 0.323 e. The van der Waals surface area contributed by atoms with E-state index in [9.17, 15) is 0 Å². The largest absolute Gasteiger partial charge is 0.463 e. The fraction of sp³-hybridized carbons (Fsp3) is 0.750. The number of nitrogen functional groups attached to an aromatic ring is 1. The highest BCUT2D eigenvalue weighted by molar-refractivity contribution is 5.34. The molecule has 0 bridgehead atoms. The molecule has 9 nitrogen and oxygen atoms in total. The Hall–Kier alpha value is -1.71. The molecular formula is C12H25N7O2. The Bertz CT molecular complexity index is 403. The molecule has 21 heavy (non-hydrogen) atoms. The van der Waals surface area contributed by atoms with Crippen LogP contribution in [0.2, 0.25) is 0 Å². The molecule has 9 heteroatoms. The molecule has 0 aromatic carbocycles. The quantitative estimate of drug-likeness (QED) is 0.294. The van der Waals surface area contributed by atoms with Crippen molar-refractivity contribution in [2.75, 3.05) is 57.7 Å². The highest BCUT2D eigenvalue weighted by Gasteiger charge is 2.06. The zero-order valence-corrected chi connectivity index (χ0v) is 12.9. The minimum absolute atomic E-state index is 0.246. The zero-order valence-electron chi connectivity index (χ0n) is 12.9. The Morgan fingerprint density at radius 1 is 1.10 bits per heavy atom. The van der Waals surface area contributed by atoms with Gasteiger partial charge in [0, 0.05) is 13.1 Å². The van der Waals surface area contributed by atoms with Crippen LogP contribution in [-0.2, 0) is 4.74 Å². The maximum absolute atomic E-state index is 5.47. The summed E-state index contributed by atoms with van der Waals surface area (Å²) in [4.78, 5) is 14.3. The molecule has 120 valence electrons. The van der Waals surface area contributed by atoms with Crippen LogP contribution in [-0.4, -0.2) is 66.9 Å². The molecule has 0 aliphatic rings. The molecule has 1 rings (SSSR count). The van der Waals surface area contributed by atoms with Gasteiger partial charge >= 0.3 is 6.01 Å². The van der Waals surface area contributed by atoms with Gasteiger partial charge in [-0.2, -0.15) is 15.0 Å². The molecule has 0 radical (unpaired) electrons. The van der Waals surface area contributed by atoms with E-state index in [0.717, 1.165) is 13.0 Å². The van der Waals surface area contributed by atoms with E-state index in [1.807, 2.05) is 21.0 Å². The molecule has 0 aliphatic heterocycles. The van der Waals surface area contributed by atoms with Crippen LogP contribution in [0.5, 0.6) is 6.01 Å². The van der Waals surface area contributed by atoms with Crippen molar-refractivity contribution in [2.24, 2.45) is 5.84 Å². The van der Waals surface area contributed by atoms with Crippen molar-refractivity contribution in [3.8, 4) is 6.01 Å². The predicted octanol–water partition coefficient (Wildman–Crippen LogP) is -0.0639. The molecule has 0 saturated heterocycles. The topological polar surface area (TPSA) is 110 Å². The molecule has 0 unspecified atom stereocenters. The van der Waals surface area contributed by atoms with Gasteiger partial charge in [0.25, 0.3) is 0 Å². The van der Waals surface area contributed by atoms with E-state index in [1.165, 1.54) is 0 Å². The molecule has 1 aromatic heterocycles. The van der Waals surface area contributed by atoms with Crippen molar-refractivity contribution in [2.45, 2.75) is 13.3 Å². The van der Waals surface area contributed by atoms with Gasteiger partial charge in [0.2, 0.25) is 11.9 Å². The van der Waals surface area contributed by atoms with E-state index in [0.29, 0.717) is 32.3 Å². The number of hydrogen-bond donors (Lipinski definition) is 3. The van der Waals surface area contributed by atoms with Crippen LogP contribution in [0.3, 0.4) is 0 Å². The first-order valence-electron chi connectivity index (χ1n) is 6.97. The van der Waals surface area contributed by atoms with Gasteiger partial charge in [-0.15, -0.1) is 0 Å². The van der Waals surface area contributed by atoms with Crippen molar-refractivity contribution in [1.29, 1.82) is 0 Å². The third-order valence-electron chi connectivity index (χ3n) is 2.39. The van der Waals surface area contributed by atoms with Gasteiger partial charge in [0.15, 0.2) is 0 Å². The van der Waals surface area contributed by atoms with Crippen LogP contribution < -0.4 is 21.3 Å². The van der Waals surface area contributed by atoms with Crippen LogP contribution in [0.1, 0.15) is 13.3 Å². The van der Waals surface area contributed by atoms with E-state index in [1.54, 1.807) is 0 Å². The van der Waals surface area contributed by atoms with Gasteiger partial charge in [0.05, 0.1) is 19.8 Å². The Balaban J connectivity index is 2.39. The number of nitrogens with one attached hydrogen (secondary N) is 2. The molecule has 0 atom stereocenters. The van der Waals surface area contributed by atoms with E-state index >= 15 is 0 Å². The summed E-state index contributed by atoms with van der Waals surface area (Å²) >= 11 is 0. The molecule has 1 aromatic rings. The summed E-state index contributed by atoms with van der Waals surface area (Å²) in [6, 6.07) is 0.246. The van der Waals surface area contributed by atoms with Crippen molar-refractivity contribution >= 4 is 11.9 Å². The number of likely N-dealkylation sites (N-methyl/N-ethyl adjacent to an activating group) is 1. The van der Waals surface area contributed by atoms with Crippen LogP contribution >= 0.6 is 0 Å². The fourth-order valence-electron chi connectivity index (χ4n) is 1.34. The van der Waals surface area contributed by atoms with Crippen LogP contribution in [0.25, 0.3) is 0 Å². The molecule has 4 N–H and O–H groups in total. The van der Waals surface area contributed by atoms with Crippen molar-refractivity contribution in [3.63, 3.8) is 0 Å². The average Bonchev–Trinajstić information content (AvgIpc) is 2.48. The average molecular weight is 299 g/mol. The number of rotatable bonds is 11. The number of hydrazine groups is 1. The first-order chi connectivity index (χ1) is 10.2. The van der Waals surface area contributed by atoms with E-state index in [-0.39, 0.29) is 12.0 Å². The number of nitrogens with two attached hydrogens (primary N) is 1. The Morgan fingerprint density at radius 3 is 2.52 bits per heavy atom. The van der Waals surface area contributed by atoms with Crippen LogP contribution in [0.4, 0.5) is 11.9 Å². The third kappa shape index (κ3) is 7.59. The van der Waals surface area contributed by atoms with Gasteiger partial charge in [-0.1, -0.05) is 6.92 Å². The zero-order chi connectivity index (χ0) is 15.5. The second-order valence-electron chi connectivity index (χ2n) is 4.60. The lowest BCUT2D eigenvalue weighted by Gasteiger charge is -2.11. The fourth-order valence-corrected chi connectivity index (χ4v) is 1.34. The molecular weight excluding hydrogens is 274 g/mol. The first kappa shape index (κ1) is 17.3. The van der Waals surface area contributed by atoms with Gasteiger partial charge in [-0.3, -0.25) is 5.43 Å². The molecule has 0 fully saturated rings. The Morgan fingerprint density at radius 2 is 1.86 bits per heavy atom. The van der Waals surface area contributed by atoms with Gasteiger partial charge in [-0.25, -0.2) is 5.84 Å². The Labute approximate surface area is 125 Å². The van der Waals surface area contributed by atoms with Crippen molar-refractivity contribution in [3.05, 3.63) is 0 Å².